The molecule has 6 rings (SSSR count). The van der Waals surface area contributed by atoms with Gasteiger partial charge in [0.15, 0.2) is 10.7 Å². The SMILES string of the molecule is CN(CCO)c1nc(Nc2ccccc2)nc(Nc2ccc(/C=C/c3ccc(Nc4nc(Nc5ccccc5)nc(N(C)CCO)n4)cc3S(=O)(=O)O)c([SH](=O)=O)c2)n1. The van der Waals surface area contributed by atoms with Gasteiger partial charge in [-0.1, -0.05) is 60.7 Å². The van der Waals surface area contributed by atoms with E-state index in [1.807, 2.05) is 60.7 Å². The number of para-hydroxylation sites is 2. The molecule has 0 saturated carbocycles. The van der Waals surface area contributed by atoms with Gasteiger partial charge in [0.2, 0.25) is 35.7 Å². The topological polar surface area (TPSA) is 261 Å². The van der Waals surface area contributed by atoms with Crippen molar-refractivity contribution in [1.29, 1.82) is 0 Å². The van der Waals surface area contributed by atoms with Crippen LogP contribution in [-0.4, -0.2) is 102 Å². The quantitative estimate of drug-likeness (QED) is 0.0341. The first kappa shape index (κ1) is 41.8. The van der Waals surface area contributed by atoms with E-state index < -0.39 is 25.7 Å². The molecule has 0 spiro atoms. The first-order chi connectivity index (χ1) is 28.4. The molecule has 0 bridgehead atoms. The number of aromatic nitrogens is 6. The highest BCUT2D eigenvalue weighted by molar-refractivity contribution is 7.86. The molecule has 4 aromatic carbocycles. The highest BCUT2D eigenvalue weighted by Crippen LogP contribution is 2.28. The minimum absolute atomic E-state index is 0.0367. The molecule has 0 fully saturated rings. The van der Waals surface area contributed by atoms with Gasteiger partial charge in [0.05, 0.1) is 18.1 Å². The fourth-order valence-electron chi connectivity index (χ4n) is 5.43. The zero-order chi connectivity index (χ0) is 41.9. The monoisotopic (exact) mass is 840 g/mol. The minimum atomic E-state index is -4.80. The average molecular weight is 841 g/mol. The number of aliphatic hydroxyl groups is 2. The highest BCUT2D eigenvalue weighted by atomic mass is 32.2. The summed E-state index contributed by atoms with van der Waals surface area (Å²) < 4.78 is 60.5. The molecule has 2 heterocycles. The number of rotatable bonds is 18. The zero-order valence-corrected chi connectivity index (χ0v) is 33.3. The Balaban J connectivity index is 1.27. The number of anilines is 10. The van der Waals surface area contributed by atoms with Gasteiger partial charge in [-0.25, -0.2) is 8.42 Å². The van der Waals surface area contributed by atoms with E-state index in [0.29, 0.717) is 11.4 Å². The maximum atomic E-state index is 12.6. The molecule has 0 atom stereocenters. The van der Waals surface area contributed by atoms with Crippen molar-refractivity contribution in [3.8, 4) is 0 Å². The Kier molecular flexibility index (Phi) is 13.6. The fraction of sp³-hybridized carbons (Fsp3) is 0.158. The van der Waals surface area contributed by atoms with Crippen LogP contribution in [0.2, 0.25) is 0 Å². The maximum Gasteiger partial charge on any atom is 0.295 e. The molecule has 0 aliphatic carbocycles. The van der Waals surface area contributed by atoms with Crippen LogP contribution in [0.15, 0.2) is 107 Å². The van der Waals surface area contributed by atoms with Crippen LogP contribution >= 0.6 is 0 Å². The summed E-state index contributed by atoms with van der Waals surface area (Å²) in [7, 11) is -4.57. The van der Waals surface area contributed by atoms with Gasteiger partial charge in [0.25, 0.3) is 10.1 Å². The first-order valence-corrected chi connectivity index (χ1v) is 20.4. The Bertz CT molecular complexity index is 2610. The van der Waals surface area contributed by atoms with E-state index in [4.69, 9.17) is 0 Å². The lowest BCUT2D eigenvalue weighted by atomic mass is 10.1. The molecular weight excluding hydrogens is 801 g/mol. The Morgan fingerprint density at radius 3 is 1.41 bits per heavy atom. The lowest BCUT2D eigenvalue weighted by Crippen LogP contribution is -2.24. The molecular formula is C38H40N12O7S2. The lowest BCUT2D eigenvalue weighted by Gasteiger charge is -2.18. The van der Waals surface area contributed by atoms with Crippen LogP contribution in [0.5, 0.6) is 0 Å². The van der Waals surface area contributed by atoms with Gasteiger partial charge in [0, 0.05) is 49.9 Å². The van der Waals surface area contributed by atoms with Crippen LogP contribution in [0.3, 0.4) is 0 Å². The third kappa shape index (κ3) is 11.4. The number of thiol groups is 1. The van der Waals surface area contributed by atoms with Crippen LogP contribution in [-0.2, 0) is 20.8 Å². The standard InChI is InChI=1S/C38H40N12O7S2/c1-49(19-21-51)37-45-33(39-27-9-5-3-6-10-27)43-35(47-37)41-29-17-15-25(31(23-29)58(53)54)13-14-26-16-18-30(24-32(26)59(55,56)57)42-36-44-34(40-28-11-7-4-8-12-28)46-38(48-36)50(2)20-22-52/h3-18,23-24,51-52,58H,19-22H2,1-2H3,(H,55,56,57)(H2,39,41,43,45,47)(H2,40,42,44,46,48)/b14-13+. The number of aliphatic hydroxyl groups excluding tert-OH is 2. The summed E-state index contributed by atoms with van der Waals surface area (Å²) in [6.07, 6.45) is 2.77. The van der Waals surface area contributed by atoms with Gasteiger partial charge >= 0.3 is 0 Å². The van der Waals surface area contributed by atoms with Crippen molar-refractivity contribution in [3.63, 3.8) is 0 Å². The van der Waals surface area contributed by atoms with Gasteiger partial charge in [-0.3, -0.25) is 4.55 Å². The van der Waals surface area contributed by atoms with Crippen molar-refractivity contribution < 1.29 is 31.6 Å². The number of benzene rings is 4. The largest absolute Gasteiger partial charge is 0.395 e. The Morgan fingerprint density at radius 1 is 0.576 bits per heavy atom. The third-order valence-electron chi connectivity index (χ3n) is 8.33. The predicted molar refractivity (Wildman–Crippen MR) is 227 cm³/mol. The average Bonchev–Trinajstić information content (AvgIpc) is 3.21. The summed E-state index contributed by atoms with van der Waals surface area (Å²) in [5, 5.41) is 31.1. The van der Waals surface area contributed by atoms with E-state index in [1.165, 1.54) is 42.5 Å². The van der Waals surface area contributed by atoms with Gasteiger partial charge in [-0.05, 0) is 59.7 Å². The summed E-state index contributed by atoms with van der Waals surface area (Å²) in [6.45, 7) is 0.162. The zero-order valence-electron chi connectivity index (χ0n) is 31.6. The molecule has 0 radical (unpaired) electrons. The molecule has 59 heavy (non-hydrogen) atoms. The molecule has 19 nitrogen and oxygen atoms in total. The van der Waals surface area contributed by atoms with Gasteiger partial charge in [-0.2, -0.15) is 38.3 Å². The van der Waals surface area contributed by atoms with E-state index in [0.717, 1.165) is 5.69 Å². The van der Waals surface area contributed by atoms with Crippen LogP contribution in [0, 0.1) is 0 Å². The smallest absolute Gasteiger partial charge is 0.295 e. The molecule has 7 N–H and O–H groups in total. The van der Waals surface area contributed by atoms with Crippen LogP contribution in [0.1, 0.15) is 11.1 Å². The number of likely N-dealkylation sites (N-methyl/N-ethyl adjacent to an activating group) is 2. The van der Waals surface area contributed by atoms with E-state index in [9.17, 15) is 31.6 Å². The van der Waals surface area contributed by atoms with Crippen LogP contribution < -0.4 is 31.1 Å². The van der Waals surface area contributed by atoms with E-state index in [2.05, 4.69) is 51.2 Å². The second-order valence-corrected chi connectivity index (χ2v) is 15.1. The summed E-state index contributed by atoms with van der Waals surface area (Å²) >= 11 is 0. The highest BCUT2D eigenvalue weighted by Gasteiger charge is 2.18. The van der Waals surface area contributed by atoms with E-state index in [-0.39, 0.29) is 83.7 Å². The molecule has 0 unspecified atom stereocenters. The molecule has 2 aromatic heterocycles. The second-order valence-electron chi connectivity index (χ2n) is 12.7. The first-order valence-electron chi connectivity index (χ1n) is 17.8. The molecule has 0 amide bonds. The predicted octanol–water partition coefficient (Wildman–Crippen LogP) is 4.28. The van der Waals surface area contributed by atoms with Crippen molar-refractivity contribution in [2.45, 2.75) is 9.79 Å². The van der Waals surface area contributed by atoms with Crippen molar-refractivity contribution in [2.24, 2.45) is 0 Å². The third-order valence-corrected chi connectivity index (χ3v) is 10.0. The maximum absolute atomic E-state index is 12.6. The van der Waals surface area contributed by atoms with Crippen LogP contribution in [0.25, 0.3) is 12.2 Å². The van der Waals surface area contributed by atoms with Gasteiger partial charge < -0.3 is 41.3 Å². The van der Waals surface area contributed by atoms with Gasteiger partial charge in [-0.15, -0.1) is 0 Å². The molecule has 6 aromatic rings. The number of hydrogen-bond acceptors (Lipinski definition) is 18. The second kappa shape index (κ2) is 19.1. The van der Waals surface area contributed by atoms with Crippen molar-refractivity contribution >= 4 is 91.4 Å². The molecule has 0 aliphatic heterocycles. The number of nitrogens with zero attached hydrogens (tertiary/aromatic N) is 8. The molecule has 0 saturated heterocycles. The Hall–Kier alpha value is -6.78. The Labute approximate surface area is 341 Å². The summed E-state index contributed by atoms with van der Waals surface area (Å²) in [6, 6.07) is 27.0. The minimum Gasteiger partial charge on any atom is -0.395 e. The van der Waals surface area contributed by atoms with E-state index >= 15 is 0 Å². The normalized spacial score (nSPS) is 11.4. The number of hydrogen-bond donors (Lipinski definition) is 8. The summed E-state index contributed by atoms with van der Waals surface area (Å²) in [5.41, 5.74) is 2.22. The van der Waals surface area contributed by atoms with Crippen molar-refractivity contribution in [3.05, 3.63) is 108 Å². The summed E-state index contributed by atoms with van der Waals surface area (Å²) in [4.78, 5) is 29.2. The molecule has 0 aliphatic rings. The van der Waals surface area contributed by atoms with Crippen LogP contribution in [0.4, 0.5) is 58.4 Å². The molecule has 21 heteroatoms. The molecule has 306 valence electrons. The van der Waals surface area contributed by atoms with E-state index in [1.54, 1.807) is 30.0 Å². The van der Waals surface area contributed by atoms with Crippen molar-refractivity contribution in [2.75, 3.05) is 71.5 Å². The number of nitrogens with one attached hydrogen (secondary N) is 4. The van der Waals surface area contributed by atoms with Crippen molar-refractivity contribution in [1.82, 2.24) is 29.9 Å². The fourth-order valence-corrected chi connectivity index (χ4v) is 6.74. The summed E-state index contributed by atoms with van der Waals surface area (Å²) in [5.74, 6) is 0.961. The Morgan fingerprint density at radius 2 is 0.983 bits per heavy atom. The lowest BCUT2D eigenvalue weighted by molar-refractivity contribution is 0.303. The van der Waals surface area contributed by atoms with Gasteiger partial charge in [0.1, 0.15) is 4.90 Å².